The molecule has 2 aromatic heterocycles. The van der Waals surface area contributed by atoms with E-state index in [9.17, 15) is 9.59 Å². The Bertz CT molecular complexity index is 546. The number of furan rings is 1. The first kappa shape index (κ1) is 11.8. The van der Waals surface area contributed by atoms with Crippen molar-refractivity contribution in [3.8, 4) is 0 Å². The zero-order valence-electron chi connectivity index (χ0n) is 9.29. The van der Waals surface area contributed by atoms with Gasteiger partial charge in [-0.1, -0.05) is 0 Å². The smallest absolute Gasteiger partial charge is 0.337 e. The first-order valence-corrected chi connectivity index (χ1v) is 5.15. The van der Waals surface area contributed by atoms with Crippen LogP contribution in [0.1, 0.15) is 26.4 Å². The summed E-state index contributed by atoms with van der Waals surface area (Å²) in [5.74, 6) is -1.44. The van der Waals surface area contributed by atoms with Gasteiger partial charge in [0.2, 0.25) is 0 Å². The van der Waals surface area contributed by atoms with E-state index in [4.69, 9.17) is 9.52 Å². The molecule has 2 heterocycles. The van der Waals surface area contributed by atoms with Crippen LogP contribution in [0.25, 0.3) is 0 Å². The Balaban J connectivity index is 1.98. The summed E-state index contributed by atoms with van der Waals surface area (Å²) >= 11 is 0. The summed E-state index contributed by atoms with van der Waals surface area (Å²) in [4.78, 5) is 26.1. The fourth-order valence-corrected chi connectivity index (χ4v) is 1.32. The summed E-state index contributed by atoms with van der Waals surface area (Å²) in [6, 6.07) is 4.44. The van der Waals surface area contributed by atoms with Crippen molar-refractivity contribution in [1.82, 2.24) is 10.3 Å². The van der Waals surface area contributed by atoms with Crippen molar-refractivity contribution in [3.05, 3.63) is 53.7 Å². The van der Waals surface area contributed by atoms with Crippen molar-refractivity contribution in [3.63, 3.8) is 0 Å². The number of carbonyl (C=O) groups is 2. The molecule has 0 bridgehead atoms. The van der Waals surface area contributed by atoms with Crippen LogP contribution in [0.3, 0.4) is 0 Å². The number of rotatable bonds is 4. The standard InChI is InChI=1S/C12H10N2O4/c15-11(14-5-8-3-4-18-7-8)10-2-1-9(6-13-10)12(16)17/h1-4,6-7H,5H2,(H,14,15)(H,16,17). The molecule has 0 aromatic carbocycles. The van der Waals surface area contributed by atoms with Crippen LogP contribution in [0.15, 0.2) is 41.3 Å². The largest absolute Gasteiger partial charge is 0.478 e. The van der Waals surface area contributed by atoms with E-state index in [-0.39, 0.29) is 17.2 Å². The third-order valence-corrected chi connectivity index (χ3v) is 2.28. The molecule has 92 valence electrons. The lowest BCUT2D eigenvalue weighted by molar-refractivity contribution is 0.0695. The summed E-state index contributed by atoms with van der Waals surface area (Å²) in [5.41, 5.74) is 1.05. The number of carboxylic acid groups (broad SMARTS) is 1. The maximum atomic E-state index is 11.7. The first-order valence-electron chi connectivity index (χ1n) is 5.15. The molecule has 0 fully saturated rings. The monoisotopic (exact) mass is 246 g/mol. The van der Waals surface area contributed by atoms with E-state index in [0.29, 0.717) is 6.54 Å². The first-order chi connectivity index (χ1) is 8.66. The maximum Gasteiger partial charge on any atom is 0.337 e. The number of hydrogen-bond acceptors (Lipinski definition) is 4. The molecule has 2 aromatic rings. The van der Waals surface area contributed by atoms with Gasteiger partial charge in [-0.15, -0.1) is 0 Å². The second kappa shape index (κ2) is 5.13. The number of nitrogens with zero attached hydrogens (tertiary/aromatic N) is 1. The van der Waals surface area contributed by atoms with Gasteiger partial charge in [-0.3, -0.25) is 9.78 Å². The van der Waals surface area contributed by atoms with Gasteiger partial charge in [0, 0.05) is 18.3 Å². The van der Waals surface area contributed by atoms with Crippen molar-refractivity contribution in [2.75, 3.05) is 0 Å². The lowest BCUT2D eigenvalue weighted by Crippen LogP contribution is -2.23. The third kappa shape index (κ3) is 2.73. The van der Waals surface area contributed by atoms with E-state index < -0.39 is 5.97 Å². The molecular formula is C12H10N2O4. The number of aromatic nitrogens is 1. The Morgan fingerprint density at radius 1 is 1.33 bits per heavy atom. The van der Waals surface area contributed by atoms with Crippen molar-refractivity contribution in [1.29, 1.82) is 0 Å². The van der Waals surface area contributed by atoms with Crippen molar-refractivity contribution in [2.24, 2.45) is 0 Å². The number of pyridine rings is 1. The van der Waals surface area contributed by atoms with Gasteiger partial charge in [0.25, 0.3) is 5.91 Å². The molecule has 0 aliphatic rings. The number of amides is 1. The quantitative estimate of drug-likeness (QED) is 0.848. The highest BCUT2D eigenvalue weighted by molar-refractivity contribution is 5.93. The van der Waals surface area contributed by atoms with Gasteiger partial charge in [0.05, 0.1) is 18.1 Å². The van der Waals surface area contributed by atoms with Gasteiger partial charge in [-0.25, -0.2) is 4.79 Å². The average molecular weight is 246 g/mol. The van der Waals surface area contributed by atoms with Crippen LogP contribution in [-0.4, -0.2) is 22.0 Å². The van der Waals surface area contributed by atoms with Gasteiger partial charge in [-0.2, -0.15) is 0 Å². The summed E-state index contributed by atoms with van der Waals surface area (Å²) in [7, 11) is 0. The highest BCUT2D eigenvalue weighted by Crippen LogP contribution is 2.02. The molecule has 18 heavy (non-hydrogen) atoms. The molecular weight excluding hydrogens is 236 g/mol. The Morgan fingerprint density at radius 3 is 2.72 bits per heavy atom. The van der Waals surface area contributed by atoms with Crippen LogP contribution in [0.4, 0.5) is 0 Å². The van der Waals surface area contributed by atoms with Gasteiger partial charge in [0.15, 0.2) is 0 Å². The molecule has 0 aliphatic heterocycles. The van der Waals surface area contributed by atoms with Crippen molar-refractivity contribution >= 4 is 11.9 Å². The fraction of sp³-hybridized carbons (Fsp3) is 0.0833. The molecule has 6 nitrogen and oxygen atoms in total. The highest BCUT2D eigenvalue weighted by atomic mass is 16.4. The molecule has 0 radical (unpaired) electrons. The van der Waals surface area contributed by atoms with Crippen LogP contribution in [-0.2, 0) is 6.54 Å². The minimum absolute atomic E-state index is 0.0429. The van der Waals surface area contributed by atoms with Crippen LogP contribution < -0.4 is 5.32 Å². The summed E-state index contributed by atoms with van der Waals surface area (Å²) in [6.45, 7) is 0.331. The number of nitrogens with one attached hydrogen (secondary N) is 1. The van der Waals surface area contributed by atoms with Crippen LogP contribution in [0.2, 0.25) is 0 Å². The Morgan fingerprint density at radius 2 is 2.17 bits per heavy atom. The van der Waals surface area contributed by atoms with E-state index >= 15 is 0 Å². The molecule has 0 aliphatic carbocycles. The number of hydrogen-bond donors (Lipinski definition) is 2. The summed E-state index contributed by atoms with van der Waals surface area (Å²) < 4.78 is 4.86. The number of aromatic carboxylic acids is 1. The predicted octanol–water partition coefficient (Wildman–Crippen LogP) is 1.30. The fourth-order valence-electron chi connectivity index (χ4n) is 1.32. The summed E-state index contributed by atoms with van der Waals surface area (Å²) in [6.07, 6.45) is 4.19. The van der Waals surface area contributed by atoms with Gasteiger partial charge in [-0.05, 0) is 18.2 Å². The maximum absolute atomic E-state index is 11.7. The molecule has 2 N–H and O–H groups in total. The second-order valence-electron chi connectivity index (χ2n) is 3.55. The van der Waals surface area contributed by atoms with Crippen LogP contribution >= 0.6 is 0 Å². The van der Waals surface area contributed by atoms with Crippen molar-refractivity contribution in [2.45, 2.75) is 6.54 Å². The number of carboxylic acids is 1. The Kier molecular flexibility index (Phi) is 3.38. The van der Waals surface area contributed by atoms with E-state index in [2.05, 4.69) is 10.3 Å². The Hall–Kier alpha value is -2.63. The zero-order valence-corrected chi connectivity index (χ0v) is 9.29. The van der Waals surface area contributed by atoms with E-state index in [1.165, 1.54) is 24.7 Å². The predicted molar refractivity (Wildman–Crippen MR) is 61.1 cm³/mol. The van der Waals surface area contributed by atoms with Gasteiger partial charge in [0.1, 0.15) is 5.69 Å². The Labute approximate surface area is 102 Å². The minimum Gasteiger partial charge on any atom is -0.478 e. The molecule has 0 saturated heterocycles. The second-order valence-corrected chi connectivity index (χ2v) is 3.55. The van der Waals surface area contributed by atoms with Crippen molar-refractivity contribution < 1.29 is 19.1 Å². The normalized spacial score (nSPS) is 10.0. The van der Waals surface area contributed by atoms with Gasteiger partial charge >= 0.3 is 5.97 Å². The molecule has 0 saturated carbocycles. The molecule has 1 amide bonds. The molecule has 6 heteroatoms. The molecule has 0 spiro atoms. The lowest BCUT2D eigenvalue weighted by Gasteiger charge is -2.02. The molecule has 0 atom stereocenters. The zero-order chi connectivity index (χ0) is 13.0. The van der Waals surface area contributed by atoms with E-state index in [1.54, 1.807) is 6.07 Å². The molecule has 2 rings (SSSR count). The summed E-state index contributed by atoms with van der Waals surface area (Å²) in [5, 5.41) is 11.3. The van der Waals surface area contributed by atoms with Gasteiger partial charge < -0.3 is 14.8 Å². The number of carbonyl (C=O) groups excluding carboxylic acids is 1. The van der Waals surface area contributed by atoms with Crippen LogP contribution in [0, 0.1) is 0 Å². The average Bonchev–Trinajstić information content (AvgIpc) is 2.89. The van der Waals surface area contributed by atoms with E-state index in [0.717, 1.165) is 11.8 Å². The SMILES string of the molecule is O=C(O)c1ccc(C(=O)NCc2ccoc2)nc1. The lowest BCUT2D eigenvalue weighted by atomic mass is 10.2. The minimum atomic E-state index is -1.08. The third-order valence-electron chi connectivity index (χ3n) is 2.28. The topological polar surface area (TPSA) is 92.4 Å². The molecule has 0 unspecified atom stereocenters. The highest BCUT2D eigenvalue weighted by Gasteiger charge is 2.09. The van der Waals surface area contributed by atoms with E-state index in [1.807, 2.05) is 0 Å². The van der Waals surface area contributed by atoms with Crippen LogP contribution in [0.5, 0.6) is 0 Å².